The van der Waals surface area contributed by atoms with E-state index in [2.05, 4.69) is 4.98 Å². The molecule has 2 aliphatic heterocycles. The third kappa shape index (κ3) is 2.90. The van der Waals surface area contributed by atoms with E-state index in [0.717, 1.165) is 4.90 Å². The summed E-state index contributed by atoms with van der Waals surface area (Å²) < 4.78 is 28.6. The van der Waals surface area contributed by atoms with Crippen LogP contribution in [0.25, 0.3) is 0 Å². The van der Waals surface area contributed by atoms with E-state index in [1.165, 1.54) is 21.7 Å². The fourth-order valence-electron chi connectivity index (χ4n) is 3.46. The van der Waals surface area contributed by atoms with Gasteiger partial charge in [-0.15, -0.1) is 0 Å². The lowest BCUT2D eigenvalue weighted by atomic mass is 10.2. The van der Waals surface area contributed by atoms with Crippen molar-refractivity contribution in [1.82, 2.24) is 18.8 Å². The minimum Gasteiger partial charge on any atom is -0.339 e. The number of nitrogens with zero attached hydrogens (tertiary/aromatic N) is 5. The van der Waals surface area contributed by atoms with Gasteiger partial charge in [0, 0.05) is 32.9 Å². The van der Waals surface area contributed by atoms with Crippen LogP contribution in [0.3, 0.4) is 0 Å². The molecule has 142 valence electrons. The lowest BCUT2D eigenvalue weighted by Crippen LogP contribution is -2.43. The second-order valence-electron chi connectivity index (χ2n) is 6.59. The number of sulfonamides is 1. The summed E-state index contributed by atoms with van der Waals surface area (Å²) in [6, 6.07) is 7.42. The van der Waals surface area contributed by atoms with Crippen molar-refractivity contribution in [2.24, 2.45) is 7.05 Å². The first-order valence-corrected chi connectivity index (χ1v) is 10.0. The summed E-state index contributed by atoms with van der Waals surface area (Å²) >= 11 is 0. The van der Waals surface area contributed by atoms with Crippen LogP contribution in [0.15, 0.2) is 47.9 Å². The zero-order valence-electron chi connectivity index (χ0n) is 14.7. The number of imide groups is 1. The first kappa shape index (κ1) is 17.7. The Hall–Kier alpha value is -2.72. The topological polar surface area (TPSA) is 95.8 Å². The molecule has 1 atom stereocenters. The molecule has 1 aromatic heterocycles. The van der Waals surface area contributed by atoms with Crippen LogP contribution in [0.4, 0.5) is 10.5 Å². The molecule has 1 aromatic carbocycles. The zero-order valence-corrected chi connectivity index (χ0v) is 15.5. The van der Waals surface area contributed by atoms with Crippen molar-refractivity contribution in [2.45, 2.75) is 17.5 Å². The molecule has 2 aromatic rings. The number of rotatable bonds is 3. The molecular formula is C17H19N5O4S. The number of aromatic nitrogens is 2. The van der Waals surface area contributed by atoms with Gasteiger partial charge in [-0.25, -0.2) is 23.1 Å². The minimum atomic E-state index is -3.83. The number of anilines is 1. The standard InChI is InChI=1S/C17H19N5O4S/c1-19-11-15(18-12-19)27(25,26)20-8-5-9-21-14(10-20)16(23)22(17(21)24)13-6-3-2-4-7-13/h2-4,6-7,11-12,14H,5,8-10H2,1H3. The molecule has 10 heteroatoms. The zero-order chi connectivity index (χ0) is 19.2. The van der Waals surface area contributed by atoms with Crippen molar-refractivity contribution in [1.29, 1.82) is 0 Å². The van der Waals surface area contributed by atoms with Gasteiger partial charge in [0.15, 0.2) is 5.03 Å². The average molecular weight is 389 g/mol. The number of urea groups is 1. The second kappa shape index (κ2) is 6.46. The number of carbonyl (C=O) groups excluding carboxylic acids is 2. The fraction of sp³-hybridized carbons (Fsp3) is 0.353. The van der Waals surface area contributed by atoms with E-state index in [0.29, 0.717) is 18.7 Å². The Kier molecular flexibility index (Phi) is 4.23. The van der Waals surface area contributed by atoms with Gasteiger partial charge in [-0.3, -0.25) is 4.79 Å². The number of fused-ring (bicyclic) bond motifs is 1. The van der Waals surface area contributed by atoms with Gasteiger partial charge in [-0.05, 0) is 18.6 Å². The van der Waals surface area contributed by atoms with Crippen LogP contribution in [-0.2, 0) is 21.9 Å². The van der Waals surface area contributed by atoms with Gasteiger partial charge in [0.25, 0.3) is 15.9 Å². The third-order valence-electron chi connectivity index (χ3n) is 4.80. The Morgan fingerprint density at radius 1 is 1.11 bits per heavy atom. The van der Waals surface area contributed by atoms with Gasteiger partial charge in [0.05, 0.1) is 12.0 Å². The number of benzene rings is 1. The summed E-state index contributed by atoms with van der Waals surface area (Å²) in [6.07, 6.45) is 3.29. The molecule has 2 saturated heterocycles. The van der Waals surface area contributed by atoms with E-state index < -0.39 is 28.0 Å². The maximum Gasteiger partial charge on any atom is 0.332 e. The summed E-state index contributed by atoms with van der Waals surface area (Å²) in [5, 5.41) is -0.0601. The molecule has 0 radical (unpaired) electrons. The number of hydrogen-bond acceptors (Lipinski definition) is 5. The van der Waals surface area contributed by atoms with Crippen molar-refractivity contribution in [3.8, 4) is 0 Å². The highest BCUT2D eigenvalue weighted by Crippen LogP contribution is 2.28. The van der Waals surface area contributed by atoms with E-state index >= 15 is 0 Å². The highest BCUT2D eigenvalue weighted by atomic mass is 32.2. The molecule has 0 bridgehead atoms. The van der Waals surface area contributed by atoms with Crippen molar-refractivity contribution < 1.29 is 18.0 Å². The molecule has 4 rings (SSSR count). The fourth-order valence-corrected chi connectivity index (χ4v) is 4.91. The number of hydrogen-bond donors (Lipinski definition) is 0. The molecule has 0 saturated carbocycles. The number of amides is 3. The summed E-state index contributed by atoms with van der Waals surface area (Å²) in [4.78, 5) is 32.2. The molecule has 1 unspecified atom stereocenters. The van der Waals surface area contributed by atoms with Gasteiger partial charge < -0.3 is 9.47 Å². The lowest BCUT2D eigenvalue weighted by Gasteiger charge is -2.22. The molecule has 9 nitrogen and oxygen atoms in total. The number of carbonyl (C=O) groups is 2. The van der Waals surface area contributed by atoms with Crippen molar-refractivity contribution in [3.05, 3.63) is 42.9 Å². The van der Waals surface area contributed by atoms with Crippen LogP contribution in [0.5, 0.6) is 0 Å². The molecule has 0 spiro atoms. The van der Waals surface area contributed by atoms with Crippen molar-refractivity contribution >= 4 is 27.6 Å². The Morgan fingerprint density at radius 2 is 1.85 bits per heavy atom. The van der Waals surface area contributed by atoms with Crippen molar-refractivity contribution in [3.63, 3.8) is 0 Å². The predicted molar refractivity (Wildman–Crippen MR) is 96.4 cm³/mol. The Morgan fingerprint density at radius 3 is 2.52 bits per heavy atom. The molecular weight excluding hydrogens is 370 g/mol. The normalized spacial score (nSPS) is 21.4. The lowest BCUT2D eigenvalue weighted by molar-refractivity contribution is -0.119. The second-order valence-corrected chi connectivity index (χ2v) is 8.48. The molecule has 2 aliphatic rings. The minimum absolute atomic E-state index is 0.0601. The van der Waals surface area contributed by atoms with Crippen LogP contribution in [0, 0.1) is 0 Å². The summed E-state index contributed by atoms with van der Waals surface area (Å²) in [5.74, 6) is -0.408. The molecule has 0 N–H and O–H groups in total. The monoisotopic (exact) mass is 389 g/mol. The predicted octanol–water partition coefficient (Wildman–Crippen LogP) is 0.652. The van der Waals surface area contributed by atoms with Gasteiger partial charge in [-0.1, -0.05) is 18.2 Å². The average Bonchev–Trinajstić information content (AvgIpc) is 3.08. The summed E-state index contributed by atoms with van der Waals surface area (Å²) in [7, 11) is -2.15. The van der Waals surface area contributed by atoms with Gasteiger partial charge in [0.2, 0.25) is 0 Å². The molecule has 3 heterocycles. The van der Waals surface area contributed by atoms with Crippen LogP contribution < -0.4 is 4.90 Å². The quantitative estimate of drug-likeness (QED) is 0.719. The number of para-hydroxylation sites is 1. The molecule has 0 aliphatic carbocycles. The molecule has 27 heavy (non-hydrogen) atoms. The van der Waals surface area contributed by atoms with Gasteiger partial charge >= 0.3 is 6.03 Å². The van der Waals surface area contributed by atoms with Crippen LogP contribution >= 0.6 is 0 Å². The van der Waals surface area contributed by atoms with Crippen LogP contribution in [-0.4, -0.2) is 64.8 Å². The molecule has 3 amide bonds. The van der Waals surface area contributed by atoms with E-state index in [-0.39, 0.29) is 18.1 Å². The Bertz CT molecular complexity index is 988. The third-order valence-corrected chi connectivity index (χ3v) is 6.55. The number of imidazole rings is 1. The molecule has 2 fully saturated rings. The van der Waals surface area contributed by atoms with Crippen molar-refractivity contribution in [2.75, 3.05) is 24.5 Å². The SMILES string of the molecule is Cn1cnc(S(=O)(=O)N2CCCN3C(=O)N(c4ccccc4)C(=O)C3C2)c1. The highest BCUT2D eigenvalue weighted by molar-refractivity contribution is 7.89. The summed E-state index contributed by atoms with van der Waals surface area (Å²) in [6.45, 7) is 0.484. The summed E-state index contributed by atoms with van der Waals surface area (Å²) in [5.41, 5.74) is 0.486. The maximum atomic E-state index is 12.9. The van der Waals surface area contributed by atoms with E-state index in [1.807, 2.05) is 0 Å². The number of aryl methyl sites for hydroxylation is 1. The Labute approximate surface area is 156 Å². The van der Waals surface area contributed by atoms with Crippen LogP contribution in [0.2, 0.25) is 0 Å². The van der Waals surface area contributed by atoms with Gasteiger partial charge in [-0.2, -0.15) is 4.31 Å². The van der Waals surface area contributed by atoms with Crippen LogP contribution in [0.1, 0.15) is 6.42 Å². The van der Waals surface area contributed by atoms with Gasteiger partial charge in [0.1, 0.15) is 6.04 Å². The maximum absolute atomic E-state index is 12.9. The van der Waals surface area contributed by atoms with E-state index in [1.54, 1.807) is 41.9 Å². The first-order valence-electron chi connectivity index (χ1n) is 8.57. The van der Waals surface area contributed by atoms with E-state index in [9.17, 15) is 18.0 Å². The highest BCUT2D eigenvalue weighted by Gasteiger charge is 2.48. The van der Waals surface area contributed by atoms with E-state index in [4.69, 9.17) is 0 Å². The smallest absolute Gasteiger partial charge is 0.332 e. The first-order chi connectivity index (χ1) is 12.9. The Balaban J connectivity index is 1.64. The largest absolute Gasteiger partial charge is 0.339 e.